The van der Waals surface area contributed by atoms with Crippen LogP contribution < -0.4 is 10.1 Å². The molecule has 0 saturated carbocycles. The molecule has 0 spiro atoms. The molecule has 0 aliphatic rings. The number of aromatic amines is 1. The maximum atomic E-state index is 12.1. The Morgan fingerprint density at radius 3 is 2.96 bits per heavy atom. The normalized spacial score (nSPS) is 10.8. The highest BCUT2D eigenvalue weighted by Crippen LogP contribution is 2.29. The van der Waals surface area contributed by atoms with Crippen molar-refractivity contribution in [3.63, 3.8) is 0 Å². The van der Waals surface area contributed by atoms with E-state index >= 15 is 0 Å². The van der Waals surface area contributed by atoms with E-state index < -0.39 is 0 Å². The second kappa shape index (κ2) is 7.77. The summed E-state index contributed by atoms with van der Waals surface area (Å²) in [6, 6.07) is 13.8. The predicted molar refractivity (Wildman–Crippen MR) is 102 cm³/mol. The number of carbonyl (C=O) groups excluding carboxylic acids is 1. The Kier molecular flexibility index (Phi) is 5.48. The maximum absolute atomic E-state index is 12.1. The fourth-order valence-electron chi connectivity index (χ4n) is 2.42. The zero-order valence-electron chi connectivity index (χ0n) is 13.1. The van der Waals surface area contributed by atoms with E-state index in [2.05, 4.69) is 32.3 Å². The molecule has 3 rings (SSSR count). The number of rotatable bonds is 6. The van der Waals surface area contributed by atoms with Gasteiger partial charge in [0.2, 0.25) is 5.91 Å². The van der Waals surface area contributed by atoms with Gasteiger partial charge < -0.3 is 15.0 Å². The number of hydrogen-bond donors (Lipinski definition) is 2. The molecule has 2 aromatic carbocycles. The first kappa shape index (κ1) is 16.9. The summed E-state index contributed by atoms with van der Waals surface area (Å²) in [6.07, 6.45) is 1.94. The van der Waals surface area contributed by atoms with Crippen LogP contribution in [-0.2, 0) is 11.3 Å². The van der Waals surface area contributed by atoms with Gasteiger partial charge in [0.1, 0.15) is 5.75 Å². The summed E-state index contributed by atoms with van der Waals surface area (Å²) >= 11 is 5.00. The highest BCUT2D eigenvalue weighted by molar-refractivity contribution is 9.10. The van der Waals surface area contributed by atoms with E-state index in [4.69, 9.17) is 4.74 Å². The number of hydrogen-bond acceptors (Lipinski definition) is 3. The zero-order valence-corrected chi connectivity index (χ0v) is 15.5. The van der Waals surface area contributed by atoms with Gasteiger partial charge in [-0.25, -0.2) is 0 Å². The van der Waals surface area contributed by atoms with Crippen LogP contribution in [-0.4, -0.2) is 23.8 Å². The number of ether oxygens (including phenoxy) is 1. The van der Waals surface area contributed by atoms with E-state index in [1.807, 2.05) is 42.6 Å². The Labute approximate surface area is 153 Å². The van der Waals surface area contributed by atoms with Crippen LogP contribution >= 0.6 is 27.7 Å². The van der Waals surface area contributed by atoms with Gasteiger partial charge in [-0.15, -0.1) is 11.8 Å². The van der Waals surface area contributed by atoms with Gasteiger partial charge in [-0.3, -0.25) is 4.79 Å². The number of amides is 1. The average Bonchev–Trinajstić information content (AvgIpc) is 3.00. The summed E-state index contributed by atoms with van der Waals surface area (Å²) in [5.74, 6) is 1.15. The first-order chi connectivity index (χ1) is 11.7. The number of nitrogens with one attached hydrogen (secondary N) is 2. The number of carbonyl (C=O) groups is 1. The van der Waals surface area contributed by atoms with Crippen LogP contribution in [0, 0.1) is 0 Å². The Balaban J connectivity index is 1.58. The summed E-state index contributed by atoms with van der Waals surface area (Å²) in [5.41, 5.74) is 2.03. The second-order valence-corrected chi connectivity index (χ2v) is 7.15. The lowest BCUT2D eigenvalue weighted by atomic mass is 10.2. The van der Waals surface area contributed by atoms with E-state index in [1.165, 1.54) is 11.8 Å². The molecule has 0 atom stereocenters. The molecular formula is C18H17BrN2O2S. The Bertz CT molecular complexity index is 863. The number of fused-ring (bicyclic) bond motifs is 1. The minimum atomic E-state index is -0.00440. The molecule has 124 valence electrons. The molecule has 1 aromatic heterocycles. The highest BCUT2D eigenvalue weighted by Gasteiger charge is 2.09. The lowest BCUT2D eigenvalue weighted by molar-refractivity contribution is -0.118. The molecule has 0 saturated heterocycles. The number of benzene rings is 2. The summed E-state index contributed by atoms with van der Waals surface area (Å²) in [5, 5.41) is 4.05. The molecule has 0 fully saturated rings. The first-order valence-corrected chi connectivity index (χ1v) is 9.23. The summed E-state index contributed by atoms with van der Waals surface area (Å²) in [7, 11) is 1.63. The van der Waals surface area contributed by atoms with Crippen molar-refractivity contribution in [2.75, 3.05) is 12.9 Å². The topological polar surface area (TPSA) is 54.1 Å². The maximum Gasteiger partial charge on any atom is 0.230 e. The fraction of sp³-hybridized carbons (Fsp3) is 0.167. The van der Waals surface area contributed by atoms with Crippen LogP contribution in [0.5, 0.6) is 5.75 Å². The third-order valence-corrected chi connectivity index (χ3v) is 5.18. The van der Waals surface area contributed by atoms with Crippen LogP contribution in [0.3, 0.4) is 0 Å². The van der Waals surface area contributed by atoms with Crippen LogP contribution in [0.4, 0.5) is 0 Å². The van der Waals surface area contributed by atoms with Crippen molar-refractivity contribution < 1.29 is 9.53 Å². The molecule has 0 radical (unpaired) electrons. The van der Waals surface area contributed by atoms with Gasteiger partial charge >= 0.3 is 0 Å². The molecule has 0 unspecified atom stereocenters. The third-order valence-electron chi connectivity index (χ3n) is 3.63. The fourth-order valence-corrected chi connectivity index (χ4v) is 3.64. The van der Waals surface area contributed by atoms with Crippen molar-refractivity contribution in [3.8, 4) is 5.75 Å². The van der Waals surface area contributed by atoms with Crippen LogP contribution in [0.15, 0.2) is 58.0 Å². The SMILES string of the molecule is COc1ccccc1CNC(=O)CSc1c[nH]c2ccc(Br)cc12. The second-order valence-electron chi connectivity index (χ2n) is 5.22. The molecule has 0 aliphatic carbocycles. The van der Waals surface area contributed by atoms with Crippen molar-refractivity contribution in [3.05, 3.63) is 58.7 Å². The summed E-state index contributed by atoms with van der Waals surface area (Å²) in [4.78, 5) is 16.4. The van der Waals surface area contributed by atoms with Gasteiger partial charge in [-0.1, -0.05) is 34.1 Å². The number of halogens is 1. The number of para-hydroxylation sites is 1. The quantitative estimate of drug-likeness (QED) is 0.600. The number of aromatic nitrogens is 1. The first-order valence-electron chi connectivity index (χ1n) is 7.45. The van der Waals surface area contributed by atoms with Crippen LogP contribution in [0.25, 0.3) is 10.9 Å². The number of methoxy groups -OCH3 is 1. The molecule has 1 heterocycles. The Hall–Kier alpha value is -1.92. The molecule has 0 bridgehead atoms. The molecule has 6 heteroatoms. The van der Waals surface area contributed by atoms with Crippen LogP contribution in [0.2, 0.25) is 0 Å². The zero-order chi connectivity index (χ0) is 16.9. The molecular weight excluding hydrogens is 388 g/mol. The van der Waals surface area contributed by atoms with E-state index in [1.54, 1.807) is 7.11 Å². The molecule has 1 amide bonds. The summed E-state index contributed by atoms with van der Waals surface area (Å²) < 4.78 is 6.32. The van der Waals surface area contributed by atoms with Crippen molar-refractivity contribution in [1.82, 2.24) is 10.3 Å². The van der Waals surface area contributed by atoms with E-state index in [0.717, 1.165) is 31.6 Å². The predicted octanol–water partition coefficient (Wildman–Crippen LogP) is 4.35. The summed E-state index contributed by atoms with van der Waals surface area (Å²) in [6.45, 7) is 0.461. The van der Waals surface area contributed by atoms with E-state index in [-0.39, 0.29) is 5.91 Å². The molecule has 24 heavy (non-hydrogen) atoms. The Morgan fingerprint density at radius 1 is 1.29 bits per heavy atom. The van der Waals surface area contributed by atoms with Gasteiger partial charge in [0.25, 0.3) is 0 Å². The standard InChI is InChI=1S/C18H17BrN2O2S/c1-23-16-5-3-2-4-12(16)9-21-18(22)11-24-17-10-20-15-7-6-13(19)8-14(15)17/h2-8,10,20H,9,11H2,1H3,(H,21,22). The minimum Gasteiger partial charge on any atom is -0.496 e. The molecule has 2 N–H and O–H groups in total. The van der Waals surface area contributed by atoms with E-state index in [0.29, 0.717) is 12.3 Å². The van der Waals surface area contributed by atoms with Gasteiger partial charge in [0, 0.05) is 38.6 Å². The van der Waals surface area contributed by atoms with E-state index in [9.17, 15) is 4.79 Å². The van der Waals surface area contributed by atoms with Gasteiger partial charge in [0.05, 0.1) is 12.9 Å². The van der Waals surface area contributed by atoms with Gasteiger partial charge in [-0.2, -0.15) is 0 Å². The number of thioether (sulfide) groups is 1. The highest BCUT2D eigenvalue weighted by atomic mass is 79.9. The van der Waals surface area contributed by atoms with Crippen molar-refractivity contribution in [2.45, 2.75) is 11.4 Å². The minimum absolute atomic E-state index is 0.00440. The van der Waals surface area contributed by atoms with Crippen molar-refractivity contribution in [1.29, 1.82) is 0 Å². The molecule has 3 aromatic rings. The lowest BCUT2D eigenvalue weighted by Gasteiger charge is -2.09. The largest absolute Gasteiger partial charge is 0.496 e. The smallest absolute Gasteiger partial charge is 0.230 e. The average molecular weight is 405 g/mol. The molecule has 4 nitrogen and oxygen atoms in total. The third kappa shape index (κ3) is 3.94. The Morgan fingerprint density at radius 2 is 2.12 bits per heavy atom. The van der Waals surface area contributed by atoms with Gasteiger partial charge in [0.15, 0.2) is 0 Å². The van der Waals surface area contributed by atoms with Crippen molar-refractivity contribution >= 4 is 44.5 Å². The molecule has 0 aliphatic heterocycles. The van der Waals surface area contributed by atoms with Crippen molar-refractivity contribution in [2.24, 2.45) is 0 Å². The monoisotopic (exact) mass is 404 g/mol. The van der Waals surface area contributed by atoms with Gasteiger partial charge in [-0.05, 0) is 24.3 Å². The lowest BCUT2D eigenvalue weighted by Crippen LogP contribution is -2.24. The number of H-pyrrole nitrogens is 1. The van der Waals surface area contributed by atoms with Crippen LogP contribution in [0.1, 0.15) is 5.56 Å².